The number of halogens is 1. The van der Waals surface area contributed by atoms with Crippen molar-refractivity contribution in [2.75, 3.05) is 13.2 Å². The molecule has 322 valence electrons. The topological polar surface area (TPSA) is 156 Å². The van der Waals surface area contributed by atoms with E-state index in [2.05, 4.69) is 89.7 Å². The largest absolute Gasteiger partial charge is 0.361 e. The number of aryl methyl sites for hydroxylation is 1. The number of nitrogens with one attached hydrogen (secondary N) is 2. The maximum atomic E-state index is 13.1. The standard InChI is InChI=1S/C26H40N6O2Si.C16H25BrN4O2Si/c1-17(2)28-25(33)19-15-32(16-34-11-12-35(6,7)8)24-23(19)29-20(14-27-24)22-18-13-26(3,4)10-9-21(18)31(5)30-22;1-11(2)19-16(22)12-9-21(10-23-6-7-24(3,4)5)15-14(12)20-13(17)8-18-15/h14-15,17H,9-13,16H2,1-8H3,(H,28,33);8-9,11H,6-7,10H2,1-5H3,(H,19,22). The molecule has 0 saturated carbocycles. The van der Waals surface area contributed by atoms with Crippen LogP contribution in [0.4, 0.5) is 0 Å². The Hall–Kier alpha value is -3.78. The van der Waals surface area contributed by atoms with E-state index in [0.717, 1.165) is 37.0 Å². The van der Waals surface area contributed by atoms with Crippen molar-refractivity contribution in [2.45, 2.75) is 138 Å². The Morgan fingerprint density at radius 2 is 1.31 bits per heavy atom. The summed E-state index contributed by atoms with van der Waals surface area (Å²) in [5, 5.41) is 10.7. The van der Waals surface area contributed by atoms with Gasteiger partial charge in [-0.1, -0.05) is 53.1 Å². The molecule has 0 fully saturated rings. The lowest BCUT2D eigenvalue weighted by molar-refractivity contribution is 0.0886. The van der Waals surface area contributed by atoms with Gasteiger partial charge in [0.05, 0.1) is 23.5 Å². The van der Waals surface area contributed by atoms with Crippen molar-refractivity contribution in [3.63, 3.8) is 0 Å². The van der Waals surface area contributed by atoms with Gasteiger partial charge in [0.25, 0.3) is 11.8 Å². The van der Waals surface area contributed by atoms with Crippen LogP contribution in [0.2, 0.25) is 51.4 Å². The number of ether oxygens (including phenoxy) is 2. The Morgan fingerprint density at radius 1 is 0.814 bits per heavy atom. The van der Waals surface area contributed by atoms with Crippen molar-refractivity contribution in [3.05, 3.63) is 51.8 Å². The summed E-state index contributed by atoms with van der Waals surface area (Å²) in [5.41, 5.74) is 7.83. The fourth-order valence-corrected chi connectivity index (χ4v) is 8.61. The maximum absolute atomic E-state index is 13.1. The van der Waals surface area contributed by atoms with Crippen molar-refractivity contribution >= 4 is 66.2 Å². The Bertz CT molecular complexity index is 2270. The van der Waals surface area contributed by atoms with Crippen LogP contribution in [0, 0.1) is 5.41 Å². The second-order valence-corrected chi connectivity index (χ2v) is 31.6. The lowest BCUT2D eigenvalue weighted by atomic mass is 9.75. The molecule has 0 bridgehead atoms. The molecule has 1 aliphatic carbocycles. The van der Waals surface area contributed by atoms with Crippen LogP contribution in [0.15, 0.2) is 29.4 Å². The summed E-state index contributed by atoms with van der Waals surface area (Å²) in [6, 6.07) is 2.27. The van der Waals surface area contributed by atoms with E-state index in [1.165, 1.54) is 11.3 Å². The average molecular weight is 910 g/mol. The van der Waals surface area contributed by atoms with Crippen molar-refractivity contribution in [1.82, 2.24) is 49.5 Å². The average Bonchev–Trinajstić information content (AvgIpc) is 3.77. The fourth-order valence-electron chi connectivity index (χ4n) is 6.82. The zero-order chi connectivity index (χ0) is 43.4. The molecule has 0 atom stereocenters. The van der Waals surface area contributed by atoms with Crippen molar-refractivity contribution < 1.29 is 19.1 Å². The zero-order valence-electron chi connectivity index (χ0n) is 37.4. The maximum Gasteiger partial charge on any atom is 0.255 e. The number of rotatable bonds is 15. The van der Waals surface area contributed by atoms with Crippen molar-refractivity contribution in [1.29, 1.82) is 0 Å². The van der Waals surface area contributed by atoms with Gasteiger partial charge in [0.2, 0.25) is 0 Å². The molecule has 59 heavy (non-hydrogen) atoms. The van der Waals surface area contributed by atoms with Gasteiger partial charge in [-0.2, -0.15) is 5.10 Å². The number of hydrogen-bond acceptors (Lipinski definition) is 9. The van der Waals surface area contributed by atoms with Crippen LogP contribution in [-0.2, 0) is 42.8 Å². The Morgan fingerprint density at radius 3 is 1.80 bits per heavy atom. The minimum Gasteiger partial charge on any atom is -0.361 e. The van der Waals surface area contributed by atoms with E-state index in [9.17, 15) is 9.59 Å². The molecule has 0 saturated heterocycles. The first-order valence-electron chi connectivity index (χ1n) is 20.7. The summed E-state index contributed by atoms with van der Waals surface area (Å²) in [5.74, 6) is -0.301. The zero-order valence-corrected chi connectivity index (χ0v) is 41.0. The molecule has 2 N–H and O–H groups in total. The summed E-state index contributed by atoms with van der Waals surface area (Å²) in [4.78, 5) is 44.0. The van der Waals surface area contributed by atoms with Crippen molar-refractivity contribution in [2.24, 2.45) is 12.5 Å². The molecule has 14 nitrogen and oxygen atoms in total. The van der Waals surface area contributed by atoms with Crippen LogP contribution in [0.1, 0.15) is 79.9 Å². The van der Waals surface area contributed by atoms with Gasteiger partial charge < -0.3 is 29.2 Å². The SMILES string of the molecule is CC(C)NC(=O)c1cn(COCC[Si](C)(C)C)c2ncc(-c3nn(C)c4c3CC(C)(C)CC4)nc12.CC(C)NC(=O)c1cn(COCC[Si](C)(C)C)c2ncc(Br)nc12. The lowest BCUT2D eigenvalue weighted by Crippen LogP contribution is -2.30. The normalized spacial score (nSPS) is 14.2. The molecule has 1 aliphatic rings. The molecular formula is C42H65BrN10O4Si2. The first-order valence-corrected chi connectivity index (χ1v) is 28.9. The molecule has 2 amide bonds. The van der Waals surface area contributed by atoms with Crippen LogP contribution < -0.4 is 10.6 Å². The number of hydrogen-bond donors (Lipinski definition) is 2. The minimum atomic E-state index is -1.18. The molecule has 5 heterocycles. The third-order valence-electron chi connectivity index (χ3n) is 10.1. The third-order valence-corrected chi connectivity index (χ3v) is 13.9. The van der Waals surface area contributed by atoms with Gasteiger partial charge in [-0.3, -0.25) is 14.3 Å². The van der Waals surface area contributed by atoms with Gasteiger partial charge in [-0.25, -0.2) is 19.9 Å². The van der Waals surface area contributed by atoms with Gasteiger partial charge in [0.15, 0.2) is 11.3 Å². The highest BCUT2D eigenvalue weighted by atomic mass is 79.9. The van der Waals surface area contributed by atoms with E-state index < -0.39 is 16.1 Å². The van der Waals surface area contributed by atoms with Crippen LogP contribution in [0.3, 0.4) is 0 Å². The van der Waals surface area contributed by atoms with Gasteiger partial charge in [0.1, 0.15) is 40.5 Å². The summed E-state index contributed by atoms with van der Waals surface area (Å²) in [6.45, 7) is 28.5. The molecule has 17 heteroatoms. The molecule has 0 radical (unpaired) electrons. The quantitative estimate of drug-likeness (QED) is 0.0778. The molecule has 0 unspecified atom stereocenters. The summed E-state index contributed by atoms with van der Waals surface area (Å²) < 4.78 is 18.1. The number of aromatic nitrogens is 8. The number of carbonyl (C=O) groups excluding carboxylic acids is 2. The predicted octanol–water partition coefficient (Wildman–Crippen LogP) is 8.44. The summed E-state index contributed by atoms with van der Waals surface area (Å²) >= 11 is 3.32. The van der Waals surface area contributed by atoms with Crippen LogP contribution in [-0.4, -0.2) is 92.1 Å². The minimum absolute atomic E-state index is 0.0232. The van der Waals surface area contributed by atoms with E-state index in [0.29, 0.717) is 70.4 Å². The molecular weight excluding hydrogens is 845 g/mol. The smallest absolute Gasteiger partial charge is 0.255 e. The Labute approximate surface area is 359 Å². The first kappa shape index (κ1) is 46.3. The fraction of sp³-hybridized carbons (Fsp3) is 0.595. The highest BCUT2D eigenvalue weighted by molar-refractivity contribution is 9.10. The lowest BCUT2D eigenvalue weighted by Gasteiger charge is -2.29. The number of carbonyl (C=O) groups is 2. The highest BCUT2D eigenvalue weighted by Gasteiger charge is 2.32. The molecule has 0 aliphatic heterocycles. The van der Waals surface area contributed by atoms with Crippen LogP contribution >= 0.6 is 15.9 Å². The molecule has 6 rings (SSSR count). The molecule has 5 aromatic rings. The van der Waals surface area contributed by atoms with Gasteiger partial charge in [0, 0.05) is 72.1 Å². The summed E-state index contributed by atoms with van der Waals surface area (Å²) in [6.07, 6.45) is 10.1. The van der Waals surface area contributed by atoms with Crippen molar-refractivity contribution in [3.8, 4) is 11.4 Å². The predicted molar refractivity (Wildman–Crippen MR) is 244 cm³/mol. The number of amides is 2. The van der Waals surface area contributed by atoms with Gasteiger partial charge in [-0.05, 0) is 80.4 Å². The van der Waals surface area contributed by atoms with Crippen LogP contribution in [0.25, 0.3) is 33.7 Å². The molecule has 5 aromatic heterocycles. The first-order chi connectivity index (χ1) is 27.5. The third kappa shape index (κ3) is 12.4. The second kappa shape index (κ2) is 18.9. The van der Waals surface area contributed by atoms with E-state index in [1.54, 1.807) is 18.6 Å². The number of nitrogens with zero attached hydrogens (tertiary/aromatic N) is 8. The second-order valence-electron chi connectivity index (χ2n) is 19.5. The van der Waals surface area contributed by atoms with E-state index in [4.69, 9.17) is 24.5 Å². The highest BCUT2D eigenvalue weighted by Crippen LogP contribution is 2.39. The Kier molecular flexibility index (Phi) is 14.8. The molecule has 0 aromatic carbocycles. The van der Waals surface area contributed by atoms with Crippen LogP contribution in [0.5, 0.6) is 0 Å². The molecule has 0 spiro atoms. The van der Waals surface area contributed by atoms with E-state index in [-0.39, 0.29) is 29.3 Å². The number of fused-ring (bicyclic) bond motifs is 3. The van der Waals surface area contributed by atoms with Gasteiger partial charge in [-0.15, -0.1) is 0 Å². The monoisotopic (exact) mass is 908 g/mol. The van der Waals surface area contributed by atoms with E-state index in [1.807, 2.05) is 54.8 Å². The Balaban J connectivity index is 0.000000241. The van der Waals surface area contributed by atoms with E-state index >= 15 is 0 Å². The van der Waals surface area contributed by atoms with Gasteiger partial charge >= 0.3 is 0 Å². The summed E-state index contributed by atoms with van der Waals surface area (Å²) in [7, 11) is -0.299.